The topological polar surface area (TPSA) is 29.9 Å². The fraction of sp³-hybridized carbons (Fsp3) is 0.769. The maximum Gasteiger partial charge on any atom is 0.0951 e. The summed E-state index contributed by atoms with van der Waals surface area (Å²) in [6, 6.07) is 1.23. The van der Waals surface area contributed by atoms with Gasteiger partial charge in [0.1, 0.15) is 0 Å². The first-order valence-electron chi connectivity index (χ1n) is 6.66. The van der Waals surface area contributed by atoms with Crippen LogP contribution in [0.1, 0.15) is 49.9 Å². The number of aromatic nitrogens is 2. The summed E-state index contributed by atoms with van der Waals surface area (Å²) in [4.78, 5) is 4.38. The lowest BCUT2D eigenvalue weighted by molar-refractivity contribution is 0.472. The summed E-state index contributed by atoms with van der Waals surface area (Å²) in [5.74, 6) is 0. The zero-order valence-corrected chi connectivity index (χ0v) is 11.2. The standard InChI is InChI=1S/C13H21N3S/c1-17-11-5-4-10(7-11)16-9-14-8-13(16)12-3-2-6-15-12/h8-12,15H,2-7H2,1H3/t10?,11?,12-/m0/s1. The second-order valence-electron chi connectivity index (χ2n) is 5.20. The van der Waals surface area contributed by atoms with Gasteiger partial charge in [-0.25, -0.2) is 4.98 Å². The van der Waals surface area contributed by atoms with Crippen molar-refractivity contribution in [2.24, 2.45) is 0 Å². The molecule has 3 nitrogen and oxygen atoms in total. The molecule has 1 aliphatic carbocycles. The first-order chi connectivity index (χ1) is 8.38. The molecule has 4 heteroatoms. The van der Waals surface area contributed by atoms with E-state index in [1.54, 1.807) is 0 Å². The lowest BCUT2D eigenvalue weighted by Gasteiger charge is -2.19. The monoisotopic (exact) mass is 251 g/mol. The van der Waals surface area contributed by atoms with Gasteiger partial charge in [0.05, 0.1) is 12.0 Å². The number of hydrogen-bond donors (Lipinski definition) is 1. The van der Waals surface area contributed by atoms with E-state index in [0.717, 1.165) is 11.8 Å². The van der Waals surface area contributed by atoms with E-state index in [2.05, 4.69) is 27.3 Å². The van der Waals surface area contributed by atoms with Crippen molar-refractivity contribution in [3.63, 3.8) is 0 Å². The van der Waals surface area contributed by atoms with Crippen molar-refractivity contribution in [3.8, 4) is 0 Å². The smallest absolute Gasteiger partial charge is 0.0951 e. The average Bonchev–Trinajstić information content (AvgIpc) is 3.09. The second kappa shape index (κ2) is 5.02. The average molecular weight is 251 g/mol. The van der Waals surface area contributed by atoms with Crippen LogP contribution in [0.25, 0.3) is 0 Å². The first kappa shape index (κ1) is 11.6. The van der Waals surface area contributed by atoms with Crippen molar-refractivity contribution < 1.29 is 0 Å². The highest BCUT2D eigenvalue weighted by molar-refractivity contribution is 7.99. The number of nitrogens with zero attached hydrogens (tertiary/aromatic N) is 2. The molecule has 0 bridgehead atoms. The first-order valence-corrected chi connectivity index (χ1v) is 7.95. The minimum atomic E-state index is 0.547. The fourth-order valence-corrected chi connectivity index (χ4v) is 4.00. The Kier molecular flexibility index (Phi) is 3.43. The van der Waals surface area contributed by atoms with Crippen LogP contribution in [0.5, 0.6) is 0 Å². The van der Waals surface area contributed by atoms with E-state index in [1.807, 2.05) is 18.1 Å². The van der Waals surface area contributed by atoms with Crippen molar-refractivity contribution >= 4 is 11.8 Å². The molecule has 3 rings (SSSR count). The number of imidazole rings is 1. The predicted octanol–water partition coefficient (Wildman–Crippen LogP) is 2.76. The van der Waals surface area contributed by atoms with Crippen LogP contribution in [-0.2, 0) is 0 Å². The van der Waals surface area contributed by atoms with Gasteiger partial charge in [0.2, 0.25) is 0 Å². The Labute approximate surface area is 107 Å². The quantitative estimate of drug-likeness (QED) is 0.896. The SMILES string of the molecule is CSC1CCC(n2cncc2[C@@H]2CCCN2)C1. The highest BCUT2D eigenvalue weighted by atomic mass is 32.2. The third-order valence-electron chi connectivity index (χ3n) is 4.20. The molecule has 1 aromatic heterocycles. The number of hydrogen-bond acceptors (Lipinski definition) is 3. The zero-order chi connectivity index (χ0) is 11.7. The molecule has 2 aliphatic rings. The lowest BCUT2D eigenvalue weighted by Crippen LogP contribution is -2.18. The maximum absolute atomic E-state index is 4.38. The van der Waals surface area contributed by atoms with Gasteiger partial charge in [-0.2, -0.15) is 11.8 Å². The molecule has 1 N–H and O–H groups in total. The summed E-state index contributed by atoms with van der Waals surface area (Å²) in [5, 5.41) is 4.44. The molecule has 1 aliphatic heterocycles. The van der Waals surface area contributed by atoms with E-state index in [9.17, 15) is 0 Å². The van der Waals surface area contributed by atoms with E-state index in [4.69, 9.17) is 0 Å². The molecule has 2 fully saturated rings. The van der Waals surface area contributed by atoms with Crippen molar-refractivity contribution in [2.75, 3.05) is 12.8 Å². The molecule has 0 amide bonds. The van der Waals surface area contributed by atoms with Crippen molar-refractivity contribution in [1.29, 1.82) is 0 Å². The summed E-state index contributed by atoms with van der Waals surface area (Å²) in [6.07, 6.45) is 12.9. The predicted molar refractivity (Wildman–Crippen MR) is 72.4 cm³/mol. The van der Waals surface area contributed by atoms with Crippen molar-refractivity contribution in [1.82, 2.24) is 14.9 Å². The molecule has 0 spiro atoms. The number of rotatable bonds is 3. The van der Waals surface area contributed by atoms with Crippen LogP contribution in [0.15, 0.2) is 12.5 Å². The highest BCUT2D eigenvalue weighted by Gasteiger charge is 2.28. The summed E-state index contributed by atoms with van der Waals surface area (Å²) >= 11 is 2.02. The molecular formula is C13H21N3S. The van der Waals surface area contributed by atoms with Crippen molar-refractivity contribution in [2.45, 2.75) is 49.4 Å². The fourth-order valence-electron chi connectivity index (χ4n) is 3.21. The van der Waals surface area contributed by atoms with Gasteiger partial charge in [-0.05, 0) is 44.9 Å². The Morgan fingerprint density at radius 2 is 2.35 bits per heavy atom. The molecule has 94 valence electrons. The minimum Gasteiger partial charge on any atom is -0.330 e. The van der Waals surface area contributed by atoms with Gasteiger partial charge in [0, 0.05) is 23.5 Å². The van der Waals surface area contributed by atoms with Crippen LogP contribution in [0.4, 0.5) is 0 Å². The van der Waals surface area contributed by atoms with Gasteiger partial charge < -0.3 is 9.88 Å². The lowest BCUT2D eigenvalue weighted by atomic mass is 10.1. The van der Waals surface area contributed by atoms with E-state index in [1.165, 1.54) is 37.8 Å². The van der Waals surface area contributed by atoms with Crippen LogP contribution in [-0.4, -0.2) is 27.6 Å². The molecule has 1 saturated carbocycles. The summed E-state index contributed by atoms with van der Waals surface area (Å²) in [5.41, 5.74) is 1.41. The normalized spacial score (nSPS) is 33.4. The highest BCUT2D eigenvalue weighted by Crippen LogP contribution is 2.38. The third-order valence-corrected chi connectivity index (χ3v) is 5.29. The summed E-state index contributed by atoms with van der Waals surface area (Å²) in [7, 11) is 0. The number of thioether (sulfide) groups is 1. The van der Waals surface area contributed by atoms with Crippen molar-refractivity contribution in [3.05, 3.63) is 18.2 Å². The molecule has 2 unspecified atom stereocenters. The van der Waals surface area contributed by atoms with Gasteiger partial charge in [0.15, 0.2) is 0 Å². The molecule has 0 radical (unpaired) electrons. The van der Waals surface area contributed by atoms with E-state index >= 15 is 0 Å². The number of nitrogens with one attached hydrogen (secondary N) is 1. The third kappa shape index (κ3) is 2.25. The molecular weight excluding hydrogens is 230 g/mol. The molecule has 0 aromatic carbocycles. The van der Waals surface area contributed by atoms with Gasteiger partial charge in [-0.15, -0.1) is 0 Å². The Balaban J connectivity index is 1.77. The second-order valence-corrected chi connectivity index (χ2v) is 6.34. The summed E-state index contributed by atoms with van der Waals surface area (Å²) < 4.78 is 2.44. The minimum absolute atomic E-state index is 0.547. The molecule has 2 heterocycles. The zero-order valence-electron chi connectivity index (χ0n) is 10.4. The molecule has 17 heavy (non-hydrogen) atoms. The Bertz CT molecular complexity index is 370. The van der Waals surface area contributed by atoms with E-state index in [0.29, 0.717) is 12.1 Å². The van der Waals surface area contributed by atoms with Crippen LogP contribution in [0, 0.1) is 0 Å². The van der Waals surface area contributed by atoms with Crippen LogP contribution < -0.4 is 5.32 Å². The Morgan fingerprint density at radius 3 is 3.06 bits per heavy atom. The van der Waals surface area contributed by atoms with Crippen LogP contribution in [0.3, 0.4) is 0 Å². The maximum atomic E-state index is 4.38. The van der Waals surface area contributed by atoms with Gasteiger partial charge in [-0.1, -0.05) is 0 Å². The molecule has 1 aromatic rings. The van der Waals surface area contributed by atoms with E-state index in [-0.39, 0.29) is 0 Å². The largest absolute Gasteiger partial charge is 0.330 e. The van der Waals surface area contributed by atoms with Crippen LogP contribution >= 0.6 is 11.8 Å². The van der Waals surface area contributed by atoms with Gasteiger partial charge in [0.25, 0.3) is 0 Å². The van der Waals surface area contributed by atoms with Crippen LogP contribution in [0.2, 0.25) is 0 Å². The Morgan fingerprint density at radius 1 is 1.41 bits per heavy atom. The van der Waals surface area contributed by atoms with Gasteiger partial charge >= 0.3 is 0 Å². The summed E-state index contributed by atoms with van der Waals surface area (Å²) in [6.45, 7) is 1.16. The Hall–Kier alpha value is -0.480. The van der Waals surface area contributed by atoms with Gasteiger partial charge in [-0.3, -0.25) is 0 Å². The molecule has 1 saturated heterocycles. The van der Waals surface area contributed by atoms with E-state index < -0.39 is 0 Å². The molecule has 3 atom stereocenters.